The van der Waals surface area contributed by atoms with Crippen molar-refractivity contribution in [2.24, 2.45) is 5.92 Å². The van der Waals surface area contributed by atoms with Crippen LogP contribution in [0.4, 0.5) is 0 Å². The average Bonchev–Trinajstić information content (AvgIpc) is 3.03. The van der Waals surface area contributed by atoms with E-state index in [2.05, 4.69) is 41.0 Å². The van der Waals surface area contributed by atoms with E-state index in [1.54, 1.807) is 6.92 Å². The van der Waals surface area contributed by atoms with Gasteiger partial charge in [-0.1, -0.05) is 19.9 Å². The van der Waals surface area contributed by atoms with Crippen molar-refractivity contribution in [3.63, 3.8) is 0 Å². The van der Waals surface area contributed by atoms with Gasteiger partial charge < -0.3 is 15.0 Å². The highest BCUT2D eigenvalue weighted by atomic mass is 16.3. The van der Waals surface area contributed by atoms with Gasteiger partial charge in [-0.25, -0.2) is 0 Å². The normalized spacial score (nSPS) is 12.5. The number of hydrogen-bond acceptors (Lipinski definition) is 3. The molecular weight excluding hydrogens is 338 g/mol. The van der Waals surface area contributed by atoms with Crippen LogP contribution in [0.2, 0.25) is 0 Å². The van der Waals surface area contributed by atoms with Gasteiger partial charge in [-0.2, -0.15) is 0 Å². The van der Waals surface area contributed by atoms with E-state index in [4.69, 9.17) is 0 Å². The molecule has 1 aromatic carbocycles. The number of benzene rings is 1. The average molecular weight is 365 g/mol. The highest BCUT2D eigenvalue weighted by Gasteiger charge is 2.16. The van der Waals surface area contributed by atoms with E-state index >= 15 is 0 Å². The van der Waals surface area contributed by atoms with Crippen LogP contribution < -0.4 is 5.32 Å². The Balaban J connectivity index is 2.15. The predicted octanol–water partition coefficient (Wildman–Crippen LogP) is 3.78. The topological polar surface area (TPSA) is 67.2 Å². The number of aliphatic hydroxyl groups is 1. The number of carbonyl (C=O) groups excluding carboxylic acids is 1. The van der Waals surface area contributed by atoms with Gasteiger partial charge in [0.2, 0.25) is 0 Å². The minimum Gasteiger partial charge on any atom is -0.394 e. The molecule has 0 saturated carbocycles. The molecule has 0 fully saturated rings. The number of carbonyl (C=O) groups is 1. The Morgan fingerprint density at radius 2 is 2.00 bits per heavy atom. The van der Waals surface area contributed by atoms with Gasteiger partial charge in [0.1, 0.15) is 0 Å². The summed E-state index contributed by atoms with van der Waals surface area (Å²) in [6, 6.07) is 9.62. The Hall–Kier alpha value is -2.66. The van der Waals surface area contributed by atoms with Crippen LogP contribution in [0, 0.1) is 12.8 Å². The molecule has 3 aromatic rings. The van der Waals surface area contributed by atoms with Crippen LogP contribution in [0.5, 0.6) is 0 Å². The molecule has 27 heavy (non-hydrogen) atoms. The molecule has 1 atom stereocenters. The van der Waals surface area contributed by atoms with Crippen molar-refractivity contribution in [2.45, 2.75) is 40.3 Å². The zero-order valence-electron chi connectivity index (χ0n) is 16.4. The van der Waals surface area contributed by atoms with Crippen molar-refractivity contribution in [3.05, 3.63) is 53.9 Å². The largest absolute Gasteiger partial charge is 0.394 e. The number of nitrogens with zero attached hydrogens (tertiary/aromatic N) is 2. The van der Waals surface area contributed by atoms with Crippen LogP contribution in [-0.2, 0) is 6.54 Å². The van der Waals surface area contributed by atoms with Crippen molar-refractivity contribution in [1.29, 1.82) is 0 Å². The van der Waals surface area contributed by atoms with Crippen LogP contribution in [0.3, 0.4) is 0 Å². The molecule has 0 radical (unpaired) electrons. The molecule has 0 aliphatic rings. The molecule has 0 aliphatic carbocycles. The van der Waals surface area contributed by atoms with Crippen molar-refractivity contribution in [2.75, 3.05) is 6.61 Å². The van der Waals surface area contributed by atoms with Crippen LogP contribution in [0.25, 0.3) is 22.2 Å². The first kappa shape index (κ1) is 19.1. The standard InChI is InChI=1S/C22H27N3O2/c1-14(2)12-25-8-7-18-19(20-6-5-15(3)11-23-20)9-17(10-21(18)25)22(27)24-16(4)13-26/h5-11,14,16,26H,12-13H2,1-4H3,(H,24,27)/t16-/m0/s1. The lowest BCUT2D eigenvalue weighted by Crippen LogP contribution is -2.35. The number of rotatable bonds is 6. The number of pyridine rings is 1. The predicted molar refractivity (Wildman–Crippen MR) is 109 cm³/mol. The molecule has 2 aromatic heterocycles. The van der Waals surface area contributed by atoms with Gasteiger partial charge in [-0.3, -0.25) is 9.78 Å². The van der Waals surface area contributed by atoms with E-state index in [1.165, 1.54) is 0 Å². The van der Waals surface area contributed by atoms with E-state index in [9.17, 15) is 9.90 Å². The quantitative estimate of drug-likeness (QED) is 0.699. The molecule has 0 bridgehead atoms. The van der Waals surface area contributed by atoms with Gasteiger partial charge in [0, 0.05) is 47.0 Å². The molecule has 5 heteroatoms. The van der Waals surface area contributed by atoms with Crippen molar-refractivity contribution in [3.8, 4) is 11.3 Å². The summed E-state index contributed by atoms with van der Waals surface area (Å²) in [6.45, 7) is 8.92. The second-order valence-corrected chi connectivity index (χ2v) is 7.60. The minimum atomic E-state index is -0.295. The zero-order chi connectivity index (χ0) is 19.6. The zero-order valence-corrected chi connectivity index (χ0v) is 16.4. The summed E-state index contributed by atoms with van der Waals surface area (Å²) in [5, 5.41) is 13.2. The highest BCUT2D eigenvalue weighted by molar-refractivity contribution is 6.03. The lowest BCUT2D eigenvalue weighted by atomic mass is 10.0. The first-order valence-corrected chi connectivity index (χ1v) is 9.36. The van der Waals surface area contributed by atoms with Gasteiger partial charge in [-0.15, -0.1) is 0 Å². The van der Waals surface area contributed by atoms with Gasteiger partial charge in [0.15, 0.2) is 0 Å². The summed E-state index contributed by atoms with van der Waals surface area (Å²) in [4.78, 5) is 17.3. The molecule has 0 saturated heterocycles. The van der Waals surface area contributed by atoms with E-state index in [0.29, 0.717) is 11.5 Å². The Kier molecular flexibility index (Phi) is 5.61. The van der Waals surface area contributed by atoms with Crippen LogP contribution in [0.1, 0.15) is 36.7 Å². The first-order valence-electron chi connectivity index (χ1n) is 9.36. The second kappa shape index (κ2) is 7.92. The highest BCUT2D eigenvalue weighted by Crippen LogP contribution is 2.30. The molecule has 2 heterocycles. The number of aromatic nitrogens is 2. The fraction of sp³-hybridized carbons (Fsp3) is 0.364. The number of nitrogens with one attached hydrogen (secondary N) is 1. The number of hydrogen-bond donors (Lipinski definition) is 2. The lowest BCUT2D eigenvalue weighted by Gasteiger charge is -2.14. The SMILES string of the molecule is Cc1ccc(-c2cc(C(=O)N[C@@H](C)CO)cc3c2ccn3CC(C)C)nc1. The Bertz CT molecular complexity index is 942. The summed E-state index contributed by atoms with van der Waals surface area (Å²) in [5.74, 6) is 0.303. The molecule has 1 amide bonds. The number of aryl methyl sites for hydroxylation is 1. The molecular formula is C22H27N3O2. The van der Waals surface area contributed by atoms with Gasteiger partial charge in [0.25, 0.3) is 5.91 Å². The van der Waals surface area contributed by atoms with Crippen molar-refractivity contribution >= 4 is 16.8 Å². The van der Waals surface area contributed by atoms with Gasteiger partial charge in [-0.05, 0) is 49.6 Å². The fourth-order valence-electron chi connectivity index (χ4n) is 3.17. The molecule has 142 valence electrons. The van der Waals surface area contributed by atoms with E-state index in [-0.39, 0.29) is 18.6 Å². The number of aliphatic hydroxyl groups excluding tert-OH is 1. The van der Waals surface area contributed by atoms with Crippen LogP contribution in [-0.4, -0.2) is 33.2 Å². The Morgan fingerprint density at radius 3 is 2.63 bits per heavy atom. The Morgan fingerprint density at radius 1 is 1.22 bits per heavy atom. The molecule has 0 unspecified atom stereocenters. The molecule has 5 nitrogen and oxygen atoms in total. The molecule has 2 N–H and O–H groups in total. The third kappa shape index (κ3) is 4.19. The van der Waals surface area contributed by atoms with Crippen molar-refractivity contribution < 1.29 is 9.90 Å². The van der Waals surface area contributed by atoms with Crippen molar-refractivity contribution in [1.82, 2.24) is 14.9 Å². The second-order valence-electron chi connectivity index (χ2n) is 7.60. The van der Waals surface area contributed by atoms with Gasteiger partial charge in [0.05, 0.1) is 12.3 Å². The van der Waals surface area contributed by atoms with E-state index in [1.807, 2.05) is 37.4 Å². The summed E-state index contributed by atoms with van der Waals surface area (Å²) >= 11 is 0. The molecule has 0 spiro atoms. The number of fused-ring (bicyclic) bond motifs is 1. The molecule has 0 aliphatic heterocycles. The summed E-state index contributed by atoms with van der Waals surface area (Å²) < 4.78 is 2.18. The monoisotopic (exact) mass is 365 g/mol. The van der Waals surface area contributed by atoms with E-state index < -0.39 is 0 Å². The first-order chi connectivity index (χ1) is 12.9. The maximum Gasteiger partial charge on any atom is 0.251 e. The summed E-state index contributed by atoms with van der Waals surface area (Å²) in [6.07, 6.45) is 3.91. The smallest absolute Gasteiger partial charge is 0.251 e. The maximum atomic E-state index is 12.7. The van der Waals surface area contributed by atoms with E-state index in [0.717, 1.165) is 34.3 Å². The summed E-state index contributed by atoms with van der Waals surface area (Å²) in [7, 11) is 0. The minimum absolute atomic E-state index is 0.0932. The van der Waals surface area contributed by atoms with Crippen LogP contribution in [0.15, 0.2) is 42.7 Å². The third-order valence-corrected chi connectivity index (χ3v) is 4.55. The lowest BCUT2D eigenvalue weighted by molar-refractivity contribution is 0.0922. The number of amides is 1. The summed E-state index contributed by atoms with van der Waals surface area (Å²) in [5.41, 5.74) is 4.47. The van der Waals surface area contributed by atoms with Gasteiger partial charge >= 0.3 is 0 Å². The maximum absolute atomic E-state index is 12.7. The Labute approximate surface area is 160 Å². The third-order valence-electron chi connectivity index (χ3n) is 4.55. The van der Waals surface area contributed by atoms with Crippen LogP contribution >= 0.6 is 0 Å². The fourth-order valence-corrected chi connectivity index (χ4v) is 3.17. The molecule has 3 rings (SSSR count).